The summed E-state index contributed by atoms with van der Waals surface area (Å²) in [5.74, 6) is -0.154. The van der Waals surface area contributed by atoms with E-state index in [1.165, 1.54) is 51.2 Å². The topological polar surface area (TPSA) is 26.3 Å². The molecule has 1 aliphatic rings. The van der Waals surface area contributed by atoms with E-state index in [-0.39, 0.29) is 5.97 Å². The maximum atomic E-state index is 11.7. The Morgan fingerprint density at radius 3 is 2.83 bits per heavy atom. The van der Waals surface area contributed by atoms with Crippen molar-refractivity contribution >= 4 is 5.97 Å². The fraction of sp³-hybridized carbons (Fsp3) is 0.688. The first-order valence-electron chi connectivity index (χ1n) is 7.23. The van der Waals surface area contributed by atoms with E-state index in [9.17, 15) is 4.79 Å². The van der Waals surface area contributed by atoms with Gasteiger partial charge >= 0.3 is 5.97 Å². The molecule has 0 heterocycles. The van der Waals surface area contributed by atoms with Crippen molar-refractivity contribution in [3.63, 3.8) is 0 Å². The average molecular weight is 250 g/mol. The van der Waals surface area contributed by atoms with Gasteiger partial charge in [-0.15, -0.1) is 0 Å². The molecular formula is C16H26O2. The zero-order valence-corrected chi connectivity index (χ0v) is 11.8. The summed E-state index contributed by atoms with van der Waals surface area (Å²) in [6.07, 6.45) is 14.7. The van der Waals surface area contributed by atoms with Gasteiger partial charge in [-0.1, -0.05) is 43.9 Å². The van der Waals surface area contributed by atoms with Crippen LogP contribution in [0.1, 0.15) is 64.7 Å². The van der Waals surface area contributed by atoms with Crippen LogP contribution < -0.4 is 0 Å². The van der Waals surface area contributed by atoms with Crippen molar-refractivity contribution in [1.29, 1.82) is 0 Å². The third-order valence-electron chi connectivity index (χ3n) is 3.45. The predicted octanol–water partition coefficient (Wildman–Crippen LogP) is 4.56. The Bertz CT molecular complexity index is 313. The number of esters is 1. The molecule has 0 amide bonds. The van der Waals surface area contributed by atoms with Crippen LogP contribution in [0.3, 0.4) is 0 Å². The van der Waals surface area contributed by atoms with Crippen LogP contribution in [-0.4, -0.2) is 13.1 Å². The number of rotatable bonds is 8. The Balaban J connectivity index is 2.43. The van der Waals surface area contributed by atoms with Gasteiger partial charge in [0.1, 0.15) is 0 Å². The lowest BCUT2D eigenvalue weighted by molar-refractivity contribution is -0.136. The van der Waals surface area contributed by atoms with E-state index in [1.807, 2.05) is 0 Å². The van der Waals surface area contributed by atoms with Crippen LogP contribution in [0, 0.1) is 0 Å². The highest BCUT2D eigenvalue weighted by Gasteiger charge is 2.13. The number of allylic oxidation sites excluding steroid dienone is 3. The minimum atomic E-state index is -0.154. The molecule has 2 nitrogen and oxygen atoms in total. The molecule has 0 aromatic rings. The van der Waals surface area contributed by atoms with Gasteiger partial charge in [-0.05, 0) is 32.1 Å². The molecule has 0 spiro atoms. The molecule has 0 aromatic heterocycles. The molecule has 0 radical (unpaired) electrons. The van der Waals surface area contributed by atoms with Gasteiger partial charge in [-0.3, -0.25) is 0 Å². The molecule has 0 atom stereocenters. The second kappa shape index (κ2) is 8.96. The minimum absolute atomic E-state index is 0.154. The van der Waals surface area contributed by atoms with Crippen LogP contribution in [0.25, 0.3) is 0 Å². The van der Waals surface area contributed by atoms with Gasteiger partial charge in [0.25, 0.3) is 0 Å². The number of methoxy groups -OCH3 is 1. The highest BCUT2D eigenvalue weighted by molar-refractivity contribution is 5.88. The van der Waals surface area contributed by atoms with Gasteiger partial charge in [0, 0.05) is 12.0 Å². The zero-order chi connectivity index (χ0) is 13.2. The summed E-state index contributed by atoms with van der Waals surface area (Å²) in [7, 11) is 1.47. The lowest BCUT2D eigenvalue weighted by atomic mass is 10.0. The smallest absolute Gasteiger partial charge is 0.333 e. The maximum Gasteiger partial charge on any atom is 0.333 e. The zero-order valence-electron chi connectivity index (χ0n) is 11.8. The first kappa shape index (κ1) is 15.0. The van der Waals surface area contributed by atoms with Crippen LogP contribution in [0.2, 0.25) is 0 Å². The highest BCUT2D eigenvalue weighted by Crippen LogP contribution is 2.25. The molecule has 18 heavy (non-hydrogen) atoms. The van der Waals surface area contributed by atoms with Crippen LogP contribution >= 0.6 is 0 Å². The fourth-order valence-corrected chi connectivity index (χ4v) is 2.35. The van der Waals surface area contributed by atoms with Crippen molar-refractivity contribution in [3.05, 3.63) is 23.3 Å². The standard InChI is InChI=1S/C16H26O2/c1-3-4-5-6-7-12-15(16(17)18-2)13-14-10-8-9-11-14/h10,12H,3-9,11,13H2,1-2H3/b15-12-. The quantitative estimate of drug-likeness (QED) is 0.273. The summed E-state index contributed by atoms with van der Waals surface area (Å²) in [4.78, 5) is 11.7. The van der Waals surface area contributed by atoms with E-state index in [0.717, 1.165) is 24.8 Å². The summed E-state index contributed by atoms with van der Waals surface area (Å²) in [6.45, 7) is 2.21. The molecule has 0 aliphatic heterocycles. The summed E-state index contributed by atoms with van der Waals surface area (Å²) in [5, 5.41) is 0. The summed E-state index contributed by atoms with van der Waals surface area (Å²) in [5.41, 5.74) is 2.25. The molecule has 0 N–H and O–H groups in total. The van der Waals surface area contributed by atoms with E-state index in [0.29, 0.717) is 0 Å². The lowest BCUT2D eigenvalue weighted by Crippen LogP contribution is -2.05. The molecule has 2 heteroatoms. The Morgan fingerprint density at radius 2 is 2.22 bits per heavy atom. The van der Waals surface area contributed by atoms with E-state index in [4.69, 9.17) is 4.74 Å². The average Bonchev–Trinajstić information content (AvgIpc) is 2.89. The van der Waals surface area contributed by atoms with Gasteiger partial charge in [-0.2, -0.15) is 0 Å². The van der Waals surface area contributed by atoms with E-state index >= 15 is 0 Å². The normalized spacial score (nSPS) is 15.7. The Hall–Kier alpha value is -1.05. The van der Waals surface area contributed by atoms with Gasteiger partial charge < -0.3 is 4.74 Å². The number of hydrogen-bond donors (Lipinski definition) is 0. The van der Waals surface area contributed by atoms with Crippen molar-refractivity contribution in [3.8, 4) is 0 Å². The van der Waals surface area contributed by atoms with E-state index < -0.39 is 0 Å². The van der Waals surface area contributed by atoms with E-state index in [1.54, 1.807) is 0 Å². The monoisotopic (exact) mass is 250 g/mol. The SMILES string of the molecule is CCCCCC/C=C(/CC1=CCCC1)C(=O)OC. The lowest BCUT2D eigenvalue weighted by Gasteiger charge is -2.06. The fourth-order valence-electron chi connectivity index (χ4n) is 2.35. The van der Waals surface area contributed by atoms with Crippen LogP contribution in [0.5, 0.6) is 0 Å². The third kappa shape index (κ3) is 5.52. The molecule has 0 saturated carbocycles. The van der Waals surface area contributed by atoms with Crippen LogP contribution in [0.15, 0.2) is 23.3 Å². The number of unbranched alkanes of at least 4 members (excludes halogenated alkanes) is 4. The van der Waals surface area contributed by atoms with Crippen molar-refractivity contribution in [2.75, 3.05) is 7.11 Å². The highest BCUT2D eigenvalue weighted by atomic mass is 16.5. The summed E-state index contributed by atoms with van der Waals surface area (Å²) in [6, 6.07) is 0. The Kier molecular flexibility index (Phi) is 7.47. The summed E-state index contributed by atoms with van der Waals surface area (Å²) < 4.78 is 4.87. The molecular weight excluding hydrogens is 224 g/mol. The Labute approximate surface area is 111 Å². The molecule has 1 rings (SSSR count). The third-order valence-corrected chi connectivity index (χ3v) is 3.45. The maximum absolute atomic E-state index is 11.7. The first-order chi connectivity index (χ1) is 8.77. The summed E-state index contributed by atoms with van der Waals surface area (Å²) >= 11 is 0. The molecule has 0 saturated heterocycles. The van der Waals surface area contributed by atoms with Crippen molar-refractivity contribution < 1.29 is 9.53 Å². The molecule has 0 bridgehead atoms. The second-order valence-corrected chi connectivity index (χ2v) is 5.00. The molecule has 1 aliphatic carbocycles. The molecule has 0 fully saturated rings. The largest absolute Gasteiger partial charge is 0.466 e. The number of hydrogen-bond acceptors (Lipinski definition) is 2. The predicted molar refractivity (Wildman–Crippen MR) is 75.4 cm³/mol. The van der Waals surface area contributed by atoms with E-state index in [2.05, 4.69) is 19.1 Å². The van der Waals surface area contributed by atoms with Gasteiger partial charge in [-0.25, -0.2) is 4.79 Å². The molecule has 102 valence electrons. The van der Waals surface area contributed by atoms with Crippen molar-refractivity contribution in [2.24, 2.45) is 0 Å². The molecule has 0 aromatic carbocycles. The van der Waals surface area contributed by atoms with Crippen molar-refractivity contribution in [1.82, 2.24) is 0 Å². The molecule has 0 unspecified atom stereocenters. The van der Waals surface area contributed by atoms with Crippen LogP contribution in [0.4, 0.5) is 0 Å². The second-order valence-electron chi connectivity index (χ2n) is 5.00. The van der Waals surface area contributed by atoms with Crippen LogP contribution in [-0.2, 0) is 9.53 Å². The van der Waals surface area contributed by atoms with Crippen molar-refractivity contribution in [2.45, 2.75) is 64.7 Å². The Morgan fingerprint density at radius 1 is 1.39 bits per heavy atom. The number of ether oxygens (including phenoxy) is 1. The van der Waals surface area contributed by atoms with Gasteiger partial charge in [0.2, 0.25) is 0 Å². The number of carbonyl (C=O) groups is 1. The van der Waals surface area contributed by atoms with Gasteiger partial charge in [0.15, 0.2) is 0 Å². The first-order valence-corrected chi connectivity index (χ1v) is 7.23. The number of carbonyl (C=O) groups excluding carboxylic acids is 1. The van der Waals surface area contributed by atoms with Gasteiger partial charge in [0.05, 0.1) is 7.11 Å². The minimum Gasteiger partial charge on any atom is -0.466 e.